The van der Waals surface area contributed by atoms with Gasteiger partial charge in [-0.05, 0) is 38.9 Å². The summed E-state index contributed by atoms with van der Waals surface area (Å²) < 4.78 is 0. The van der Waals surface area contributed by atoms with Crippen LogP contribution in [0.4, 0.5) is 0 Å². The van der Waals surface area contributed by atoms with Crippen LogP contribution in [-0.4, -0.2) is 37.0 Å². The molecule has 3 nitrogen and oxygen atoms in total. The molecular formula is C14H30N2O. The average Bonchev–Trinajstić information content (AvgIpc) is 2.34. The Bertz CT molecular complexity index is 179. The first-order chi connectivity index (χ1) is 8.24. The van der Waals surface area contributed by atoms with Crippen LogP contribution < -0.4 is 5.32 Å². The van der Waals surface area contributed by atoms with E-state index in [2.05, 4.69) is 31.0 Å². The molecule has 0 rings (SSSR count). The number of nitrogens with one attached hydrogen (secondary N) is 1. The highest BCUT2D eigenvalue weighted by Crippen LogP contribution is 1.99. The van der Waals surface area contributed by atoms with Crippen molar-refractivity contribution in [3.8, 4) is 0 Å². The van der Waals surface area contributed by atoms with Crippen LogP contribution in [0.2, 0.25) is 0 Å². The molecule has 0 aromatic carbocycles. The molecule has 1 N–H and O–H groups in total. The first kappa shape index (κ1) is 16.4. The minimum Gasteiger partial charge on any atom is -0.356 e. The number of carbonyl (C=O) groups is 1. The van der Waals surface area contributed by atoms with Crippen LogP contribution in [-0.2, 0) is 4.79 Å². The van der Waals surface area contributed by atoms with Crippen molar-refractivity contribution >= 4 is 5.91 Å². The Morgan fingerprint density at radius 3 is 2.29 bits per heavy atom. The molecule has 102 valence electrons. The van der Waals surface area contributed by atoms with Crippen molar-refractivity contribution in [3.63, 3.8) is 0 Å². The van der Waals surface area contributed by atoms with Gasteiger partial charge in [0.1, 0.15) is 0 Å². The molecule has 0 radical (unpaired) electrons. The number of hydrogen-bond donors (Lipinski definition) is 1. The molecule has 0 heterocycles. The molecule has 0 aliphatic heterocycles. The van der Waals surface area contributed by atoms with E-state index in [9.17, 15) is 4.79 Å². The van der Waals surface area contributed by atoms with Crippen LogP contribution in [0.15, 0.2) is 0 Å². The van der Waals surface area contributed by atoms with E-state index in [1.165, 1.54) is 12.8 Å². The molecular weight excluding hydrogens is 212 g/mol. The van der Waals surface area contributed by atoms with Crippen LogP contribution in [0.1, 0.15) is 59.3 Å². The SMILES string of the molecule is CCCCCC(=O)NCCCCN(CC)CC. The summed E-state index contributed by atoms with van der Waals surface area (Å²) >= 11 is 0. The minimum atomic E-state index is 0.223. The fourth-order valence-corrected chi connectivity index (χ4v) is 1.85. The Kier molecular flexibility index (Phi) is 11.5. The quantitative estimate of drug-likeness (QED) is 0.565. The number of hydrogen-bond acceptors (Lipinski definition) is 2. The van der Waals surface area contributed by atoms with Gasteiger partial charge in [0.05, 0.1) is 0 Å². The van der Waals surface area contributed by atoms with Crippen molar-refractivity contribution in [3.05, 3.63) is 0 Å². The van der Waals surface area contributed by atoms with Crippen molar-refractivity contribution < 1.29 is 4.79 Å². The maximum absolute atomic E-state index is 11.4. The maximum atomic E-state index is 11.4. The van der Waals surface area contributed by atoms with Gasteiger partial charge in [-0.15, -0.1) is 0 Å². The maximum Gasteiger partial charge on any atom is 0.219 e. The Balaban J connectivity index is 3.29. The third-order valence-corrected chi connectivity index (χ3v) is 3.13. The molecule has 0 aliphatic rings. The van der Waals surface area contributed by atoms with Crippen molar-refractivity contribution in [1.29, 1.82) is 0 Å². The molecule has 0 fully saturated rings. The van der Waals surface area contributed by atoms with Gasteiger partial charge in [0.25, 0.3) is 0 Å². The molecule has 0 unspecified atom stereocenters. The van der Waals surface area contributed by atoms with E-state index in [4.69, 9.17) is 0 Å². The number of amides is 1. The lowest BCUT2D eigenvalue weighted by Crippen LogP contribution is -2.27. The average molecular weight is 242 g/mol. The highest BCUT2D eigenvalue weighted by Gasteiger charge is 2.01. The van der Waals surface area contributed by atoms with Crippen LogP contribution in [0.25, 0.3) is 0 Å². The summed E-state index contributed by atoms with van der Waals surface area (Å²) in [6.07, 6.45) is 6.34. The van der Waals surface area contributed by atoms with Crippen LogP contribution in [0.5, 0.6) is 0 Å². The molecule has 0 spiro atoms. The number of rotatable bonds is 11. The fourth-order valence-electron chi connectivity index (χ4n) is 1.85. The summed E-state index contributed by atoms with van der Waals surface area (Å²) in [5.74, 6) is 0.223. The lowest BCUT2D eigenvalue weighted by molar-refractivity contribution is -0.121. The van der Waals surface area contributed by atoms with E-state index in [1.54, 1.807) is 0 Å². The van der Waals surface area contributed by atoms with Gasteiger partial charge in [-0.25, -0.2) is 0 Å². The second-order valence-corrected chi connectivity index (χ2v) is 4.54. The molecule has 0 bridgehead atoms. The predicted octanol–water partition coefficient (Wildman–Crippen LogP) is 2.80. The van der Waals surface area contributed by atoms with Gasteiger partial charge in [-0.2, -0.15) is 0 Å². The second-order valence-electron chi connectivity index (χ2n) is 4.54. The minimum absolute atomic E-state index is 0.223. The normalized spacial score (nSPS) is 10.8. The number of carbonyl (C=O) groups excluding carboxylic acids is 1. The van der Waals surface area contributed by atoms with Crippen LogP contribution >= 0.6 is 0 Å². The number of unbranched alkanes of at least 4 members (excludes halogenated alkanes) is 3. The van der Waals surface area contributed by atoms with Gasteiger partial charge in [0.2, 0.25) is 5.91 Å². The van der Waals surface area contributed by atoms with Crippen LogP contribution in [0.3, 0.4) is 0 Å². The largest absolute Gasteiger partial charge is 0.356 e. The first-order valence-corrected chi connectivity index (χ1v) is 7.23. The zero-order chi connectivity index (χ0) is 12.9. The molecule has 3 heteroatoms. The van der Waals surface area contributed by atoms with Crippen molar-refractivity contribution in [2.75, 3.05) is 26.2 Å². The summed E-state index contributed by atoms with van der Waals surface area (Å²) in [5, 5.41) is 2.99. The summed E-state index contributed by atoms with van der Waals surface area (Å²) in [5.41, 5.74) is 0. The Labute approximate surface area is 107 Å². The smallest absolute Gasteiger partial charge is 0.219 e. The van der Waals surface area contributed by atoms with Gasteiger partial charge in [-0.1, -0.05) is 33.6 Å². The molecule has 0 atom stereocenters. The van der Waals surface area contributed by atoms with E-state index < -0.39 is 0 Å². The van der Waals surface area contributed by atoms with E-state index in [0.717, 1.165) is 45.4 Å². The third-order valence-electron chi connectivity index (χ3n) is 3.13. The monoisotopic (exact) mass is 242 g/mol. The molecule has 0 aromatic rings. The van der Waals surface area contributed by atoms with E-state index in [1.807, 2.05) is 0 Å². The molecule has 17 heavy (non-hydrogen) atoms. The highest BCUT2D eigenvalue weighted by molar-refractivity contribution is 5.75. The Morgan fingerprint density at radius 2 is 1.71 bits per heavy atom. The van der Waals surface area contributed by atoms with Crippen molar-refractivity contribution in [2.24, 2.45) is 0 Å². The van der Waals surface area contributed by atoms with Gasteiger partial charge < -0.3 is 10.2 Å². The lowest BCUT2D eigenvalue weighted by atomic mass is 10.2. The van der Waals surface area contributed by atoms with E-state index in [0.29, 0.717) is 6.42 Å². The summed E-state index contributed by atoms with van der Waals surface area (Å²) in [7, 11) is 0. The summed E-state index contributed by atoms with van der Waals surface area (Å²) in [6, 6.07) is 0. The highest BCUT2D eigenvalue weighted by atomic mass is 16.1. The third kappa shape index (κ3) is 10.3. The van der Waals surface area contributed by atoms with Gasteiger partial charge >= 0.3 is 0 Å². The molecule has 0 aromatic heterocycles. The Morgan fingerprint density at radius 1 is 1.00 bits per heavy atom. The van der Waals surface area contributed by atoms with Crippen molar-refractivity contribution in [1.82, 2.24) is 10.2 Å². The first-order valence-electron chi connectivity index (χ1n) is 7.23. The second kappa shape index (κ2) is 11.9. The standard InChI is InChI=1S/C14H30N2O/c1-4-7-8-11-14(17)15-12-9-10-13-16(5-2)6-3/h4-13H2,1-3H3,(H,15,17). The Hall–Kier alpha value is -0.570. The van der Waals surface area contributed by atoms with Gasteiger partial charge in [0, 0.05) is 13.0 Å². The zero-order valence-corrected chi connectivity index (χ0v) is 11.9. The summed E-state index contributed by atoms with van der Waals surface area (Å²) in [6.45, 7) is 10.8. The summed E-state index contributed by atoms with van der Waals surface area (Å²) in [4.78, 5) is 13.8. The topological polar surface area (TPSA) is 32.3 Å². The molecule has 0 saturated heterocycles. The van der Waals surface area contributed by atoms with Crippen molar-refractivity contribution in [2.45, 2.75) is 59.3 Å². The fraction of sp³-hybridized carbons (Fsp3) is 0.929. The van der Waals surface area contributed by atoms with E-state index >= 15 is 0 Å². The predicted molar refractivity (Wildman–Crippen MR) is 74.2 cm³/mol. The molecule has 1 amide bonds. The molecule has 0 saturated carbocycles. The van der Waals surface area contributed by atoms with E-state index in [-0.39, 0.29) is 5.91 Å². The lowest BCUT2D eigenvalue weighted by Gasteiger charge is -2.17. The van der Waals surface area contributed by atoms with Gasteiger partial charge in [-0.3, -0.25) is 4.79 Å². The molecule has 0 aliphatic carbocycles. The number of nitrogens with zero attached hydrogens (tertiary/aromatic N) is 1. The van der Waals surface area contributed by atoms with Crippen LogP contribution in [0, 0.1) is 0 Å². The zero-order valence-electron chi connectivity index (χ0n) is 11.9. The van der Waals surface area contributed by atoms with Gasteiger partial charge in [0.15, 0.2) is 0 Å².